The Morgan fingerprint density at radius 1 is 1.06 bits per heavy atom. The van der Waals surface area contributed by atoms with E-state index in [0.29, 0.717) is 12.5 Å². The molecule has 0 N–H and O–H groups in total. The van der Waals surface area contributed by atoms with E-state index < -0.39 is 0 Å². The molecule has 0 saturated heterocycles. The summed E-state index contributed by atoms with van der Waals surface area (Å²) in [6.45, 7) is 0.338. The molecule has 0 unspecified atom stereocenters. The number of rotatable bonds is 4. The van der Waals surface area contributed by atoms with E-state index in [1.54, 1.807) is 12.1 Å². The fraction of sp³-hybridized carbons (Fsp3) is 0.143. The molecule has 2 rings (SSSR count). The lowest BCUT2D eigenvalue weighted by Crippen LogP contribution is -1.97. The Kier molecular flexibility index (Phi) is 4.61. The molecular weight excluding hydrogens is 319 g/mol. The summed E-state index contributed by atoms with van der Waals surface area (Å²) in [5, 5.41) is 0. The molecule has 94 valence electrons. The van der Waals surface area contributed by atoms with Gasteiger partial charge in [0.05, 0.1) is 0 Å². The van der Waals surface area contributed by atoms with Crippen LogP contribution < -0.4 is 4.74 Å². The van der Waals surface area contributed by atoms with Gasteiger partial charge in [0, 0.05) is 10.4 Å². The van der Waals surface area contributed by atoms with Gasteiger partial charge in [0.25, 0.3) is 0 Å². The Balaban J connectivity index is 2.04. The second-order valence-electron chi connectivity index (χ2n) is 3.81. The van der Waals surface area contributed by atoms with E-state index in [2.05, 4.69) is 15.9 Å². The number of hydrogen-bond donors (Lipinski definition) is 0. The standard InChI is InChI=1S/C14H11BrClFO/c15-12-4-1-10(2-5-12)9-18-14-6-3-11(8-16)7-13(14)17/h1-7H,8-9H2. The van der Waals surface area contributed by atoms with Crippen LogP contribution in [0.15, 0.2) is 46.9 Å². The number of alkyl halides is 1. The van der Waals surface area contributed by atoms with Crippen LogP contribution in [0.1, 0.15) is 11.1 Å². The zero-order chi connectivity index (χ0) is 13.0. The van der Waals surface area contributed by atoms with Crippen LogP contribution in [0.2, 0.25) is 0 Å². The smallest absolute Gasteiger partial charge is 0.165 e. The van der Waals surface area contributed by atoms with E-state index in [1.165, 1.54) is 6.07 Å². The van der Waals surface area contributed by atoms with Gasteiger partial charge in [-0.3, -0.25) is 0 Å². The van der Waals surface area contributed by atoms with Crippen molar-refractivity contribution >= 4 is 27.5 Å². The first-order valence-electron chi connectivity index (χ1n) is 5.40. The third-order valence-corrected chi connectivity index (χ3v) is 3.30. The Hall–Kier alpha value is -1.06. The monoisotopic (exact) mass is 328 g/mol. The molecule has 0 aliphatic carbocycles. The van der Waals surface area contributed by atoms with Crippen molar-refractivity contribution in [2.75, 3.05) is 0 Å². The molecule has 0 aromatic heterocycles. The predicted molar refractivity (Wildman–Crippen MR) is 74.4 cm³/mol. The van der Waals surface area contributed by atoms with E-state index in [4.69, 9.17) is 16.3 Å². The lowest BCUT2D eigenvalue weighted by molar-refractivity contribution is 0.290. The van der Waals surface area contributed by atoms with Gasteiger partial charge < -0.3 is 4.74 Å². The first-order valence-corrected chi connectivity index (χ1v) is 6.73. The number of hydrogen-bond acceptors (Lipinski definition) is 1. The Morgan fingerprint density at radius 2 is 1.72 bits per heavy atom. The summed E-state index contributed by atoms with van der Waals surface area (Å²) < 4.78 is 20.0. The summed E-state index contributed by atoms with van der Waals surface area (Å²) >= 11 is 8.98. The Bertz CT molecular complexity index is 528. The van der Waals surface area contributed by atoms with Gasteiger partial charge in [-0.15, -0.1) is 11.6 Å². The molecule has 0 aliphatic heterocycles. The lowest BCUT2D eigenvalue weighted by Gasteiger charge is -2.08. The van der Waals surface area contributed by atoms with Crippen molar-refractivity contribution in [2.45, 2.75) is 12.5 Å². The molecule has 0 heterocycles. The van der Waals surface area contributed by atoms with Crippen molar-refractivity contribution in [1.29, 1.82) is 0 Å². The molecular formula is C14H11BrClFO. The van der Waals surface area contributed by atoms with Crippen molar-refractivity contribution in [3.63, 3.8) is 0 Å². The van der Waals surface area contributed by atoms with E-state index in [-0.39, 0.29) is 11.6 Å². The van der Waals surface area contributed by atoms with Gasteiger partial charge >= 0.3 is 0 Å². The van der Waals surface area contributed by atoms with Crippen LogP contribution in [0.5, 0.6) is 5.75 Å². The van der Waals surface area contributed by atoms with E-state index in [9.17, 15) is 4.39 Å². The minimum atomic E-state index is -0.384. The minimum absolute atomic E-state index is 0.242. The van der Waals surface area contributed by atoms with Gasteiger partial charge in [0.15, 0.2) is 11.6 Å². The zero-order valence-corrected chi connectivity index (χ0v) is 11.8. The highest BCUT2D eigenvalue weighted by Crippen LogP contribution is 2.21. The number of halogens is 3. The van der Waals surface area contributed by atoms with Crippen LogP contribution in [-0.4, -0.2) is 0 Å². The molecule has 0 atom stereocenters. The molecule has 2 aromatic carbocycles. The number of ether oxygens (including phenoxy) is 1. The van der Waals surface area contributed by atoms with Crippen molar-refractivity contribution in [2.24, 2.45) is 0 Å². The molecule has 0 amide bonds. The molecule has 0 fully saturated rings. The van der Waals surface area contributed by atoms with Crippen LogP contribution in [0.4, 0.5) is 4.39 Å². The van der Waals surface area contributed by atoms with Crippen LogP contribution in [0, 0.1) is 5.82 Å². The van der Waals surface area contributed by atoms with Gasteiger partial charge in [0.1, 0.15) is 6.61 Å². The third-order valence-electron chi connectivity index (χ3n) is 2.46. The third kappa shape index (κ3) is 3.47. The molecule has 0 aliphatic rings. The number of benzene rings is 2. The van der Waals surface area contributed by atoms with Crippen LogP contribution in [0.25, 0.3) is 0 Å². The fourth-order valence-electron chi connectivity index (χ4n) is 1.49. The first kappa shape index (κ1) is 13.4. The summed E-state index contributed by atoms with van der Waals surface area (Å²) in [5.41, 5.74) is 1.73. The minimum Gasteiger partial charge on any atom is -0.486 e. The molecule has 0 saturated carbocycles. The predicted octanol–water partition coefficient (Wildman–Crippen LogP) is 4.91. The molecule has 0 radical (unpaired) electrons. The normalized spacial score (nSPS) is 10.4. The van der Waals surface area contributed by atoms with E-state index in [1.807, 2.05) is 24.3 Å². The molecule has 1 nitrogen and oxygen atoms in total. The highest BCUT2D eigenvalue weighted by Gasteiger charge is 2.04. The van der Waals surface area contributed by atoms with Gasteiger partial charge in [-0.25, -0.2) is 4.39 Å². The molecule has 0 bridgehead atoms. The largest absolute Gasteiger partial charge is 0.486 e. The average molecular weight is 330 g/mol. The van der Waals surface area contributed by atoms with Gasteiger partial charge in [-0.1, -0.05) is 34.1 Å². The van der Waals surface area contributed by atoms with Crippen molar-refractivity contribution in [1.82, 2.24) is 0 Å². The van der Waals surface area contributed by atoms with Crippen LogP contribution in [0.3, 0.4) is 0 Å². The van der Waals surface area contributed by atoms with Gasteiger partial charge in [-0.05, 0) is 35.4 Å². The highest BCUT2D eigenvalue weighted by atomic mass is 79.9. The summed E-state index contributed by atoms with van der Waals surface area (Å²) in [4.78, 5) is 0. The maximum atomic E-state index is 13.6. The quantitative estimate of drug-likeness (QED) is 0.725. The fourth-order valence-corrected chi connectivity index (χ4v) is 1.92. The maximum absolute atomic E-state index is 13.6. The van der Waals surface area contributed by atoms with Gasteiger partial charge in [0.2, 0.25) is 0 Å². The topological polar surface area (TPSA) is 9.23 Å². The second kappa shape index (κ2) is 6.21. The summed E-state index contributed by atoms with van der Waals surface area (Å²) in [7, 11) is 0. The molecule has 0 spiro atoms. The first-order chi connectivity index (χ1) is 8.69. The second-order valence-corrected chi connectivity index (χ2v) is 5.00. The summed E-state index contributed by atoms with van der Waals surface area (Å²) in [6.07, 6.45) is 0. The van der Waals surface area contributed by atoms with Crippen LogP contribution in [-0.2, 0) is 12.5 Å². The van der Waals surface area contributed by atoms with E-state index >= 15 is 0 Å². The highest BCUT2D eigenvalue weighted by molar-refractivity contribution is 9.10. The average Bonchev–Trinajstić information content (AvgIpc) is 2.39. The molecule has 18 heavy (non-hydrogen) atoms. The SMILES string of the molecule is Fc1cc(CCl)ccc1OCc1ccc(Br)cc1. The molecule has 2 aromatic rings. The van der Waals surface area contributed by atoms with Gasteiger partial charge in [-0.2, -0.15) is 0 Å². The van der Waals surface area contributed by atoms with Crippen molar-refractivity contribution in [3.8, 4) is 5.75 Å². The Labute approximate surface area is 119 Å². The van der Waals surface area contributed by atoms with Crippen molar-refractivity contribution < 1.29 is 9.13 Å². The van der Waals surface area contributed by atoms with Crippen LogP contribution >= 0.6 is 27.5 Å². The van der Waals surface area contributed by atoms with E-state index in [0.717, 1.165) is 15.6 Å². The summed E-state index contributed by atoms with van der Waals surface area (Å²) in [5.74, 6) is 0.154. The zero-order valence-electron chi connectivity index (χ0n) is 9.50. The van der Waals surface area contributed by atoms with Crippen molar-refractivity contribution in [3.05, 3.63) is 63.9 Å². The maximum Gasteiger partial charge on any atom is 0.165 e. The lowest BCUT2D eigenvalue weighted by atomic mass is 10.2. The molecule has 4 heteroatoms. The summed E-state index contributed by atoms with van der Waals surface area (Å²) in [6, 6.07) is 12.4. The Morgan fingerprint density at radius 3 is 2.33 bits per heavy atom.